The highest BCUT2D eigenvalue weighted by atomic mass is 79.9. The molecule has 1 aromatic heterocycles. The zero-order valence-electron chi connectivity index (χ0n) is 22.5. The van der Waals surface area contributed by atoms with Crippen molar-refractivity contribution in [2.24, 2.45) is 0 Å². The Morgan fingerprint density at radius 1 is 0.714 bits per heavy atom. The lowest BCUT2D eigenvalue weighted by atomic mass is 9.85. The first-order valence-corrected chi connectivity index (χ1v) is 14.6. The highest BCUT2D eigenvalue weighted by Gasteiger charge is 2.31. The number of carbonyl (C=O) groups excluding carboxylic acids is 2. The molecule has 2 aromatic carbocycles. The number of benzene rings is 2. The van der Waals surface area contributed by atoms with Crippen LogP contribution in [0.2, 0.25) is 0 Å². The molecule has 1 heterocycles. The predicted octanol–water partition coefficient (Wildman–Crippen LogP) is 5.56. The molecule has 42 heavy (non-hydrogen) atoms. The fourth-order valence-corrected chi connectivity index (χ4v) is 5.89. The largest absolute Gasteiger partial charge is 0.425 e. The van der Waals surface area contributed by atoms with E-state index in [1.165, 1.54) is 0 Å². The Morgan fingerprint density at radius 2 is 1.14 bits per heavy atom. The molecule has 13 nitrogen and oxygen atoms in total. The zero-order chi connectivity index (χ0) is 29.8. The van der Waals surface area contributed by atoms with E-state index in [9.17, 15) is 29.8 Å². The molecule has 5 rings (SSSR count). The van der Waals surface area contributed by atoms with E-state index in [1.54, 1.807) is 12.1 Å². The number of carbonyl (C=O) groups is 2. The third kappa shape index (κ3) is 6.98. The molecule has 2 fully saturated rings. The Hall–Kier alpha value is -4.20. The van der Waals surface area contributed by atoms with Gasteiger partial charge in [0.25, 0.3) is 23.2 Å². The summed E-state index contributed by atoms with van der Waals surface area (Å²) in [6, 6.07) is 10.1. The molecule has 0 radical (unpaired) electrons. The number of halogens is 1. The SMILES string of the molecule is O=C(NC1CCC(c2nnc(C3CCC(NC(=O)c4cc([N+](=O)[O-])cc([N+](=O)[O-])c4)CC3)o2)CC1)c1ccc(Br)cc1. The minimum absolute atomic E-state index is 0.0554. The summed E-state index contributed by atoms with van der Waals surface area (Å²) >= 11 is 3.38. The molecule has 0 saturated heterocycles. The summed E-state index contributed by atoms with van der Waals surface area (Å²) in [5, 5.41) is 36.9. The van der Waals surface area contributed by atoms with Gasteiger partial charge >= 0.3 is 0 Å². The molecule has 220 valence electrons. The summed E-state index contributed by atoms with van der Waals surface area (Å²) in [5.74, 6) is 0.722. The zero-order valence-corrected chi connectivity index (χ0v) is 24.1. The molecule has 2 aliphatic carbocycles. The van der Waals surface area contributed by atoms with Gasteiger partial charge in [0.1, 0.15) is 0 Å². The first kappa shape index (κ1) is 29.3. The van der Waals surface area contributed by atoms with E-state index in [2.05, 4.69) is 36.8 Å². The van der Waals surface area contributed by atoms with Crippen LogP contribution in [0.1, 0.15) is 95.7 Å². The van der Waals surface area contributed by atoms with Gasteiger partial charge in [-0.25, -0.2) is 0 Å². The number of hydrogen-bond donors (Lipinski definition) is 2. The second-order valence-electron chi connectivity index (χ2n) is 10.8. The summed E-state index contributed by atoms with van der Waals surface area (Å²) in [4.78, 5) is 46.0. The quantitative estimate of drug-likeness (QED) is 0.235. The molecule has 3 aromatic rings. The Balaban J connectivity index is 1.10. The molecule has 2 N–H and O–H groups in total. The topological polar surface area (TPSA) is 183 Å². The molecule has 0 bridgehead atoms. The van der Waals surface area contributed by atoms with Crippen LogP contribution in [0.5, 0.6) is 0 Å². The second-order valence-corrected chi connectivity index (χ2v) is 11.7. The number of amides is 2. The number of nitrogens with one attached hydrogen (secondary N) is 2. The van der Waals surface area contributed by atoms with Crippen LogP contribution >= 0.6 is 15.9 Å². The van der Waals surface area contributed by atoms with Gasteiger partial charge in [-0.1, -0.05) is 15.9 Å². The molecular weight excluding hydrogens is 612 g/mol. The molecule has 0 unspecified atom stereocenters. The average molecular weight is 641 g/mol. The maximum absolute atomic E-state index is 12.7. The molecule has 2 saturated carbocycles. The van der Waals surface area contributed by atoms with Crippen molar-refractivity contribution in [3.63, 3.8) is 0 Å². The van der Waals surface area contributed by atoms with Crippen molar-refractivity contribution in [3.8, 4) is 0 Å². The van der Waals surface area contributed by atoms with E-state index < -0.39 is 27.1 Å². The fourth-order valence-electron chi connectivity index (χ4n) is 5.62. The highest BCUT2D eigenvalue weighted by Crippen LogP contribution is 2.36. The van der Waals surface area contributed by atoms with E-state index in [0.717, 1.165) is 48.4 Å². The van der Waals surface area contributed by atoms with E-state index in [0.29, 0.717) is 43.0 Å². The van der Waals surface area contributed by atoms with Crippen LogP contribution in [0.4, 0.5) is 11.4 Å². The van der Waals surface area contributed by atoms with Crippen molar-refractivity contribution in [1.82, 2.24) is 20.8 Å². The van der Waals surface area contributed by atoms with E-state index in [1.807, 2.05) is 12.1 Å². The van der Waals surface area contributed by atoms with Gasteiger partial charge in [0, 0.05) is 46.1 Å². The Kier molecular flexibility index (Phi) is 8.90. The Labute approximate surface area is 248 Å². The van der Waals surface area contributed by atoms with Crippen molar-refractivity contribution in [3.05, 3.63) is 90.1 Å². The lowest BCUT2D eigenvalue weighted by Crippen LogP contribution is -2.37. The predicted molar refractivity (Wildman–Crippen MR) is 153 cm³/mol. The van der Waals surface area contributed by atoms with Crippen molar-refractivity contribution >= 4 is 39.1 Å². The van der Waals surface area contributed by atoms with Crippen LogP contribution in [0.25, 0.3) is 0 Å². The molecular formula is C28H29BrN6O7. The molecule has 2 aliphatic rings. The number of aromatic nitrogens is 2. The van der Waals surface area contributed by atoms with E-state index >= 15 is 0 Å². The molecule has 0 aliphatic heterocycles. The smallest absolute Gasteiger partial charge is 0.277 e. The van der Waals surface area contributed by atoms with Crippen LogP contribution in [0.3, 0.4) is 0 Å². The number of nitrogens with zero attached hydrogens (tertiary/aromatic N) is 4. The fraction of sp³-hybridized carbons (Fsp3) is 0.429. The minimum atomic E-state index is -0.761. The molecule has 0 atom stereocenters. The summed E-state index contributed by atoms with van der Waals surface area (Å²) in [6.45, 7) is 0. The van der Waals surface area contributed by atoms with Crippen LogP contribution in [0.15, 0.2) is 51.4 Å². The minimum Gasteiger partial charge on any atom is -0.425 e. The van der Waals surface area contributed by atoms with Gasteiger partial charge < -0.3 is 15.1 Å². The Morgan fingerprint density at radius 3 is 1.57 bits per heavy atom. The Bertz CT molecular complexity index is 1450. The van der Waals surface area contributed by atoms with E-state index in [-0.39, 0.29) is 35.4 Å². The summed E-state index contributed by atoms with van der Waals surface area (Å²) in [5.41, 5.74) is -0.514. The van der Waals surface area contributed by atoms with Gasteiger partial charge in [-0.05, 0) is 75.6 Å². The van der Waals surface area contributed by atoms with Gasteiger partial charge in [-0.15, -0.1) is 10.2 Å². The maximum atomic E-state index is 12.7. The maximum Gasteiger partial charge on any atom is 0.277 e. The third-order valence-electron chi connectivity index (χ3n) is 7.97. The number of hydrogen-bond acceptors (Lipinski definition) is 9. The average Bonchev–Trinajstić information content (AvgIpc) is 3.48. The first-order valence-electron chi connectivity index (χ1n) is 13.8. The van der Waals surface area contributed by atoms with Crippen molar-refractivity contribution in [1.29, 1.82) is 0 Å². The van der Waals surface area contributed by atoms with Crippen LogP contribution in [-0.4, -0.2) is 43.9 Å². The molecule has 14 heteroatoms. The number of nitro benzene ring substituents is 2. The van der Waals surface area contributed by atoms with Crippen molar-refractivity contribution < 1.29 is 23.9 Å². The number of nitro groups is 2. The van der Waals surface area contributed by atoms with Gasteiger partial charge in [-0.2, -0.15) is 0 Å². The second kappa shape index (κ2) is 12.8. The van der Waals surface area contributed by atoms with E-state index in [4.69, 9.17) is 4.42 Å². The first-order chi connectivity index (χ1) is 20.2. The van der Waals surface area contributed by atoms with Crippen LogP contribution in [0, 0.1) is 20.2 Å². The summed E-state index contributed by atoms with van der Waals surface area (Å²) < 4.78 is 7.01. The summed E-state index contributed by atoms with van der Waals surface area (Å²) in [6.07, 6.45) is 5.99. The van der Waals surface area contributed by atoms with Gasteiger partial charge in [0.15, 0.2) is 0 Å². The lowest BCUT2D eigenvalue weighted by molar-refractivity contribution is -0.394. The van der Waals surface area contributed by atoms with Crippen molar-refractivity contribution in [2.75, 3.05) is 0 Å². The monoisotopic (exact) mass is 640 g/mol. The standard InChI is InChI=1S/C28H29BrN6O7/c29-20-7-1-16(2-8-20)25(36)30-21-9-3-17(4-10-21)27-32-33-28(42-27)18-5-11-22(12-6-18)31-26(37)19-13-23(34(38)39)15-24(14-19)35(40)41/h1-2,7-8,13-15,17-18,21-22H,3-6,9-12H2,(H,30,36)(H,31,37). The van der Waals surface area contributed by atoms with Crippen LogP contribution < -0.4 is 10.6 Å². The normalized spacial score (nSPS) is 22.2. The van der Waals surface area contributed by atoms with Crippen molar-refractivity contribution in [2.45, 2.75) is 75.3 Å². The van der Waals surface area contributed by atoms with Gasteiger partial charge in [0.2, 0.25) is 11.8 Å². The van der Waals surface area contributed by atoms with Gasteiger partial charge in [-0.3, -0.25) is 29.8 Å². The van der Waals surface area contributed by atoms with Crippen LogP contribution in [-0.2, 0) is 0 Å². The summed E-state index contributed by atoms with van der Waals surface area (Å²) in [7, 11) is 0. The third-order valence-corrected chi connectivity index (χ3v) is 8.50. The highest BCUT2D eigenvalue weighted by molar-refractivity contribution is 9.10. The van der Waals surface area contributed by atoms with Gasteiger partial charge in [0.05, 0.1) is 21.5 Å². The lowest BCUT2D eigenvalue weighted by Gasteiger charge is -2.28. The molecule has 2 amide bonds. The number of non-ortho nitro benzene ring substituents is 2. The molecule has 0 spiro atoms. The number of rotatable bonds is 8.